The molecular weight excluding hydrogens is 392 g/mol. The third-order valence-electron chi connectivity index (χ3n) is 3.75. The molecule has 0 bridgehead atoms. The first-order valence-corrected chi connectivity index (χ1v) is 10.4. The van der Waals surface area contributed by atoms with Gasteiger partial charge in [0.25, 0.3) is 5.91 Å². The van der Waals surface area contributed by atoms with Crippen LogP contribution in [-0.4, -0.2) is 48.2 Å². The molecule has 1 amide bonds. The van der Waals surface area contributed by atoms with Gasteiger partial charge in [-0.05, 0) is 49.8 Å². The minimum Gasteiger partial charge on any atom is -0.356 e. The van der Waals surface area contributed by atoms with Gasteiger partial charge in [0.05, 0.1) is 27.2 Å². The summed E-state index contributed by atoms with van der Waals surface area (Å²) in [5.74, 6) is 0.504. The highest BCUT2D eigenvalue weighted by Gasteiger charge is 2.07. The van der Waals surface area contributed by atoms with E-state index in [1.54, 1.807) is 23.9 Å². The van der Waals surface area contributed by atoms with Crippen LogP contribution >= 0.6 is 24.0 Å². The molecule has 2 rings (SSSR count). The van der Waals surface area contributed by atoms with Gasteiger partial charge >= 0.3 is 0 Å². The Morgan fingerprint density at radius 3 is 2.36 bits per heavy atom. The molecule has 7 nitrogen and oxygen atoms in total. The Labute approximate surface area is 175 Å². The third kappa shape index (κ3) is 7.79. The number of carbonyl (C=O) groups is 1. The average Bonchev–Trinajstić information content (AvgIpc) is 2.64. The topological polar surface area (TPSA) is 83.4 Å². The van der Waals surface area contributed by atoms with E-state index >= 15 is 0 Å². The highest BCUT2D eigenvalue weighted by Crippen LogP contribution is 2.20. The van der Waals surface area contributed by atoms with E-state index in [1.165, 1.54) is 4.90 Å². The smallest absolute Gasteiger partial charge is 0.269 e. The van der Waals surface area contributed by atoms with Crippen LogP contribution < -0.4 is 21.1 Å². The predicted octanol–water partition coefficient (Wildman–Crippen LogP) is 0.639. The summed E-state index contributed by atoms with van der Waals surface area (Å²) in [6.07, 6.45) is 0. The van der Waals surface area contributed by atoms with Gasteiger partial charge in [-0.2, -0.15) is 0 Å². The van der Waals surface area contributed by atoms with E-state index in [2.05, 4.69) is 40.2 Å². The molecule has 0 atom stereocenters. The summed E-state index contributed by atoms with van der Waals surface area (Å²) in [7, 11) is 4.13. The number of quaternary nitrogens is 1. The number of aromatic nitrogens is 2. The summed E-state index contributed by atoms with van der Waals surface area (Å²) in [6, 6.07) is 9.40. The Bertz CT molecular complexity index is 790. The van der Waals surface area contributed by atoms with E-state index < -0.39 is 0 Å². The van der Waals surface area contributed by atoms with Gasteiger partial charge in [-0.25, -0.2) is 9.97 Å². The maximum Gasteiger partial charge on any atom is 0.269 e. The fourth-order valence-electron chi connectivity index (χ4n) is 2.31. The number of thiocarbonyl (C=S) groups is 1. The maximum absolute atomic E-state index is 12.2. The lowest BCUT2D eigenvalue weighted by Crippen LogP contribution is -3.06. The Balaban J connectivity index is 1.79. The van der Waals surface area contributed by atoms with Crippen molar-refractivity contribution in [1.29, 1.82) is 0 Å². The minimum absolute atomic E-state index is 0.237. The normalized spacial score (nSPS) is 10.6. The average molecular weight is 420 g/mol. The van der Waals surface area contributed by atoms with Crippen molar-refractivity contribution < 1.29 is 9.69 Å². The number of rotatable bonds is 7. The number of amides is 1. The number of hydrazine groups is 1. The summed E-state index contributed by atoms with van der Waals surface area (Å²) in [5.41, 5.74) is 8.90. The summed E-state index contributed by atoms with van der Waals surface area (Å²) >= 11 is 6.71. The predicted molar refractivity (Wildman–Crippen MR) is 116 cm³/mol. The lowest BCUT2D eigenvalue weighted by atomic mass is 10.1. The molecule has 0 aliphatic heterocycles. The Hall–Kier alpha value is -2.23. The zero-order valence-electron chi connectivity index (χ0n) is 16.6. The monoisotopic (exact) mass is 419 g/mol. The molecule has 0 fully saturated rings. The molecular formula is C19H27N6OS2+. The molecule has 0 spiro atoms. The van der Waals surface area contributed by atoms with Crippen LogP contribution in [0.5, 0.6) is 0 Å². The highest BCUT2D eigenvalue weighted by atomic mass is 32.2. The molecule has 1 aromatic heterocycles. The molecule has 0 radical (unpaired) electrons. The van der Waals surface area contributed by atoms with Crippen LogP contribution in [0, 0.1) is 13.8 Å². The number of benzene rings is 1. The lowest BCUT2D eigenvalue weighted by Gasteiger charge is -2.13. The second-order valence-electron chi connectivity index (χ2n) is 6.71. The van der Waals surface area contributed by atoms with Crippen molar-refractivity contribution >= 4 is 35.0 Å². The van der Waals surface area contributed by atoms with E-state index in [0.29, 0.717) is 10.7 Å². The molecule has 0 unspecified atom stereocenters. The van der Waals surface area contributed by atoms with Crippen molar-refractivity contribution in [3.63, 3.8) is 0 Å². The van der Waals surface area contributed by atoms with Crippen LogP contribution in [0.1, 0.15) is 27.3 Å². The first-order valence-electron chi connectivity index (χ1n) is 9.00. The number of hydrogen-bond acceptors (Lipinski definition) is 5. The van der Waals surface area contributed by atoms with Crippen molar-refractivity contribution in [2.24, 2.45) is 0 Å². The van der Waals surface area contributed by atoms with E-state index in [4.69, 9.17) is 12.2 Å². The molecule has 1 aromatic carbocycles. The number of nitrogens with one attached hydrogen (secondary N) is 4. The number of nitrogens with zero attached hydrogens (tertiary/aromatic N) is 2. The van der Waals surface area contributed by atoms with Gasteiger partial charge in [0.2, 0.25) is 0 Å². The van der Waals surface area contributed by atoms with E-state index in [-0.39, 0.29) is 5.91 Å². The Morgan fingerprint density at radius 2 is 1.75 bits per heavy atom. The summed E-state index contributed by atoms with van der Waals surface area (Å²) in [5, 5.41) is 4.20. The number of hydrogen-bond donors (Lipinski definition) is 4. The van der Waals surface area contributed by atoms with E-state index in [1.807, 2.05) is 32.0 Å². The zero-order valence-corrected chi connectivity index (χ0v) is 18.3. The van der Waals surface area contributed by atoms with Crippen LogP contribution in [0.2, 0.25) is 0 Å². The zero-order chi connectivity index (χ0) is 20.5. The second-order valence-corrected chi connectivity index (χ2v) is 8.06. The highest BCUT2D eigenvalue weighted by molar-refractivity contribution is 7.98. The van der Waals surface area contributed by atoms with Gasteiger partial charge < -0.3 is 10.2 Å². The quantitative estimate of drug-likeness (QED) is 0.227. The SMILES string of the molecule is Cc1cc(C)nc(SCc2ccc(C(=O)NNC(=S)NCC[NH+](C)C)cc2)n1. The third-order valence-corrected chi connectivity index (χ3v) is 4.91. The van der Waals surface area contributed by atoms with Crippen molar-refractivity contribution in [2.75, 3.05) is 27.2 Å². The molecule has 9 heteroatoms. The fraction of sp³-hybridized carbons (Fsp3) is 0.368. The Morgan fingerprint density at radius 1 is 1.11 bits per heavy atom. The van der Waals surface area contributed by atoms with Gasteiger partial charge in [0.15, 0.2) is 10.3 Å². The second kappa shape index (κ2) is 10.9. The largest absolute Gasteiger partial charge is 0.356 e. The minimum atomic E-state index is -0.237. The van der Waals surface area contributed by atoms with Crippen LogP contribution in [0.25, 0.3) is 0 Å². The molecule has 0 aliphatic rings. The lowest BCUT2D eigenvalue weighted by molar-refractivity contribution is -0.856. The van der Waals surface area contributed by atoms with Gasteiger partial charge in [0, 0.05) is 22.7 Å². The molecule has 0 aliphatic carbocycles. The van der Waals surface area contributed by atoms with Crippen LogP contribution in [0.3, 0.4) is 0 Å². The van der Waals surface area contributed by atoms with Gasteiger partial charge in [-0.1, -0.05) is 23.9 Å². The molecule has 4 N–H and O–H groups in total. The van der Waals surface area contributed by atoms with Crippen LogP contribution in [0.15, 0.2) is 35.5 Å². The Kier molecular flexibility index (Phi) is 8.62. The number of thioether (sulfide) groups is 1. The summed E-state index contributed by atoms with van der Waals surface area (Å²) < 4.78 is 0. The number of carbonyl (C=O) groups excluding carboxylic acids is 1. The molecule has 0 saturated carbocycles. The van der Waals surface area contributed by atoms with Crippen molar-refractivity contribution in [3.05, 3.63) is 52.8 Å². The van der Waals surface area contributed by atoms with Gasteiger partial charge in [-0.15, -0.1) is 0 Å². The van der Waals surface area contributed by atoms with Crippen LogP contribution in [0.4, 0.5) is 0 Å². The van der Waals surface area contributed by atoms with E-state index in [9.17, 15) is 4.79 Å². The van der Waals surface area contributed by atoms with Crippen molar-refractivity contribution in [1.82, 2.24) is 26.1 Å². The van der Waals surface area contributed by atoms with E-state index in [0.717, 1.165) is 41.0 Å². The van der Waals surface area contributed by atoms with Gasteiger partial charge in [0.1, 0.15) is 0 Å². The molecule has 150 valence electrons. The van der Waals surface area contributed by atoms with Crippen molar-refractivity contribution in [2.45, 2.75) is 24.8 Å². The fourth-order valence-corrected chi connectivity index (χ4v) is 3.37. The first-order chi connectivity index (χ1) is 13.3. The number of aryl methyl sites for hydroxylation is 2. The van der Waals surface area contributed by atoms with Gasteiger partial charge in [-0.3, -0.25) is 15.6 Å². The first kappa shape index (κ1) is 22.1. The molecule has 1 heterocycles. The number of likely N-dealkylation sites (N-methyl/N-ethyl adjacent to an activating group) is 1. The molecule has 2 aromatic rings. The summed E-state index contributed by atoms with van der Waals surface area (Å²) in [6.45, 7) is 5.60. The van der Waals surface area contributed by atoms with Crippen molar-refractivity contribution in [3.8, 4) is 0 Å². The standard InChI is InChI=1S/C19H26N6OS2/c1-13-11-14(2)22-19(21-13)28-12-15-5-7-16(8-6-15)17(26)23-24-18(27)20-9-10-25(3)4/h5-8,11H,9-10,12H2,1-4H3,(H,23,26)(H2,20,24,27)/p+1. The molecule has 28 heavy (non-hydrogen) atoms. The van der Waals surface area contributed by atoms with Crippen LogP contribution in [-0.2, 0) is 5.75 Å². The maximum atomic E-state index is 12.2. The summed E-state index contributed by atoms with van der Waals surface area (Å²) in [4.78, 5) is 22.4. The molecule has 0 saturated heterocycles.